The van der Waals surface area contributed by atoms with Gasteiger partial charge in [0, 0.05) is 19.1 Å². The van der Waals surface area contributed by atoms with Gasteiger partial charge in [0.15, 0.2) is 0 Å². The van der Waals surface area contributed by atoms with Crippen molar-refractivity contribution in [1.82, 2.24) is 4.90 Å². The molecule has 0 spiro atoms. The van der Waals surface area contributed by atoms with Gasteiger partial charge in [-0.25, -0.2) is 0 Å². The summed E-state index contributed by atoms with van der Waals surface area (Å²) in [7, 11) is 3.65. The zero-order valence-electron chi connectivity index (χ0n) is 9.08. The largest absolute Gasteiger partial charge is 0.368 e. The molecule has 82 valence electrons. The van der Waals surface area contributed by atoms with Crippen LogP contribution in [0.25, 0.3) is 0 Å². The van der Waals surface area contributed by atoms with E-state index in [4.69, 9.17) is 17.3 Å². The standard InChI is InChI=1S/C10H15ClN4/c1-7-8(11)5-4-6-9(7)13-14-10(12)15(2)3/h4-6,13H,1-3H3,(H2,12,14). The van der Waals surface area contributed by atoms with Gasteiger partial charge in [-0.15, -0.1) is 5.10 Å². The van der Waals surface area contributed by atoms with Crippen molar-refractivity contribution in [2.24, 2.45) is 10.8 Å². The van der Waals surface area contributed by atoms with E-state index in [9.17, 15) is 0 Å². The summed E-state index contributed by atoms with van der Waals surface area (Å²) < 4.78 is 0. The molecule has 1 rings (SSSR count). The fourth-order valence-corrected chi connectivity index (χ4v) is 1.12. The van der Waals surface area contributed by atoms with Crippen LogP contribution >= 0.6 is 11.6 Å². The average molecular weight is 227 g/mol. The van der Waals surface area contributed by atoms with E-state index < -0.39 is 0 Å². The second-order valence-corrected chi connectivity index (χ2v) is 3.80. The molecule has 0 saturated heterocycles. The molecule has 0 unspecified atom stereocenters. The number of nitrogens with zero attached hydrogens (tertiary/aromatic N) is 2. The van der Waals surface area contributed by atoms with Crippen molar-refractivity contribution in [3.63, 3.8) is 0 Å². The number of nitrogens with two attached hydrogens (primary N) is 1. The van der Waals surface area contributed by atoms with Gasteiger partial charge in [0.2, 0.25) is 5.96 Å². The summed E-state index contributed by atoms with van der Waals surface area (Å²) in [6.45, 7) is 1.92. The van der Waals surface area contributed by atoms with Gasteiger partial charge in [0.05, 0.1) is 5.69 Å². The molecule has 1 aromatic carbocycles. The smallest absolute Gasteiger partial charge is 0.213 e. The zero-order valence-corrected chi connectivity index (χ0v) is 9.84. The van der Waals surface area contributed by atoms with Crippen LogP contribution in [0.4, 0.5) is 5.69 Å². The molecule has 0 amide bonds. The molecule has 3 N–H and O–H groups in total. The lowest BCUT2D eigenvalue weighted by Gasteiger charge is -2.12. The number of benzene rings is 1. The highest BCUT2D eigenvalue weighted by Crippen LogP contribution is 2.22. The first kappa shape index (κ1) is 11.7. The number of hydrogen-bond acceptors (Lipinski definition) is 2. The predicted molar refractivity (Wildman–Crippen MR) is 65.1 cm³/mol. The Hall–Kier alpha value is -1.42. The molecule has 0 aliphatic rings. The first-order valence-electron chi connectivity index (χ1n) is 4.54. The van der Waals surface area contributed by atoms with Crippen LogP contribution in [0.3, 0.4) is 0 Å². The molecule has 0 saturated carbocycles. The van der Waals surface area contributed by atoms with E-state index in [1.165, 1.54) is 0 Å². The number of rotatable bonds is 2. The predicted octanol–water partition coefficient (Wildman–Crippen LogP) is 1.85. The first-order valence-corrected chi connectivity index (χ1v) is 4.91. The molecule has 0 fully saturated rings. The van der Waals surface area contributed by atoms with Gasteiger partial charge in [-0.2, -0.15) is 0 Å². The molecule has 0 heterocycles. The highest BCUT2D eigenvalue weighted by molar-refractivity contribution is 6.31. The maximum Gasteiger partial charge on any atom is 0.213 e. The number of anilines is 1. The highest BCUT2D eigenvalue weighted by Gasteiger charge is 2.01. The molecule has 15 heavy (non-hydrogen) atoms. The molecule has 0 aliphatic carbocycles. The van der Waals surface area contributed by atoms with Crippen LogP contribution in [0, 0.1) is 6.92 Å². The Balaban J connectivity index is 2.82. The van der Waals surface area contributed by atoms with Crippen molar-refractivity contribution in [3.05, 3.63) is 28.8 Å². The SMILES string of the molecule is Cc1c(Cl)cccc1N/N=C(\N)N(C)C. The van der Waals surface area contributed by atoms with Gasteiger partial charge >= 0.3 is 0 Å². The van der Waals surface area contributed by atoms with Gasteiger partial charge in [-0.1, -0.05) is 17.7 Å². The number of halogens is 1. The van der Waals surface area contributed by atoms with E-state index in [0.29, 0.717) is 11.0 Å². The minimum absolute atomic E-state index is 0.411. The normalized spacial score (nSPS) is 11.3. The Bertz CT molecular complexity index is 374. The van der Waals surface area contributed by atoms with E-state index >= 15 is 0 Å². The van der Waals surface area contributed by atoms with Crippen molar-refractivity contribution < 1.29 is 0 Å². The average Bonchev–Trinajstić information content (AvgIpc) is 2.19. The Morgan fingerprint density at radius 3 is 2.73 bits per heavy atom. The van der Waals surface area contributed by atoms with Crippen molar-refractivity contribution in [1.29, 1.82) is 0 Å². The monoisotopic (exact) mass is 226 g/mol. The Kier molecular flexibility index (Phi) is 3.80. The molecule has 0 bridgehead atoms. The van der Waals surface area contributed by atoms with E-state index in [1.54, 1.807) is 4.90 Å². The second kappa shape index (κ2) is 4.89. The van der Waals surface area contributed by atoms with Gasteiger partial charge in [0.25, 0.3) is 0 Å². The number of nitrogens with one attached hydrogen (secondary N) is 1. The van der Waals surface area contributed by atoms with Crippen molar-refractivity contribution >= 4 is 23.2 Å². The maximum absolute atomic E-state index is 5.96. The summed E-state index contributed by atoms with van der Waals surface area (Å²) in [5.74, 6) is 0.411. The molecular formula is C10H15ClN4. The van der Waals surface area contributed by atoms with Crippen LogP contribution in [-0.4, -0.2) is 25.0 Å². The second-order valence-electron chi connectivity index (χ2n) is 3.39. The summed E-state index contributed by atoms with van der Waals surface area (Å²) >= 11 is 5.96. The van der Waals surface area contributed by atoms with Crippen molar-refractivity contribution in [3.8, 4) is 0 Å². The molecular weight excluding hydrogens is 212 g/mol. The quantitative estimate of drug-likeness (QED) is 0.460. The minimum atomic E-state index is 0.411. The van der Waals surface area contributed by atoms with E-state index in [-0.39, 0.29) is 0 Å². The fraction of sp³-hybridized carbons (Fsp3) is 0.300. The van der Waals surface area contributed by atoms with Crippen LogP contribution in [0.5, 0.6) is 0 Å². The third-order valence-corrected chi connectivity index (χ3v) is 2.43. The summed E-state index contributed by atoms with van der Waals surface area (Å²) in [4.78, 5) is 1.72. The van der Waals surface area contributed by atoms with Crippen LogP contribution in [-0.2, 0) is 0 Å². The molecule has 0 radical (unpaired) electrons. The van der Waals surface area contributed by atoms with Crippen molar-refractivity contribution in [2.75, 3.05) is 19.5 Å². The van der Waals surface area contributed by atoms with Gasteiger partial charge < -0.3 is 10.6 Å². The van der Waals surface area contributed by atoms with E-state index in [2.05, 4.69) is 10.5 Å². The topological polar surface area (TPSA) is 53.6 Å². The summed E-state index contributed by atoms with van der Waals surface area (Å²) in [5, 5.41) is 4.71. The van der Waals surface area contributed by atoms with Gasteiger partial charge in [-0.05, 0) is 24.6 Å². The molecule has 0 atom stereocenters. The highest BCUT2D eigenvalue weighted by atomic mass is 35.5. The lowest BCUT2D eigenvalue weighted by Crippen LogP contribution is -2.31. The minimum Gasteiger partial charge on any atom is -0.368 e. The number of hydrogen-bond donors (Lipinski definition) is 2. The molecule has 1 aromatic rings. The van der Waals surface area contributed by atoms with Crippen LogP contribution < -0.4 is 11.2 Å². The lowest BCUT2D eigenvalue weighted by molar-refractivity contribution is 0.613. The zero-order chi connectivity index (χ0) is 11.4. The van der Waals surface area contributed by atoms with Crippen LogP contribution in [0.15, 0.2) is 23.3 Å². The van der Waals surface area contributed by atoms with Crippen molar-refractivity contribution in [2.45, 2.75) is 6.92 Å². The number of hydrazone groups is 1. The van der Waals surface area contributed by atoms with E-state index in [0.717, 1.165) is 11.3 Å². The fourth-order valence-electron chi connectivity index (χ4n) is 0.946. The Morgan fingerprint density at radius 2 is 2.13 bits per heavy atom. The Labute approximate surface area is 94.7 Å². The summed E-state index contributed by atoms with van der Waals surface area (Å²) in [5.41, 5.74) is 10.3. The van der Waals surface area contributed by atoms with Crippen LogP contribution in [0.1, 0.15) is 5.56 Å². The Morgan fingerprint density at radius 1 is 1.47 bits per heavy atom. The lowest BCUT2D eigenvalue weighted by atomic mass is 10.2. The third-order valence-electron chi connectivity index (χ3n) is 2.02. The van der Waals surface area contributed by atoms with Gasteiger partial charge in [0.1, 0.15) is 0 Å². The van der Waals surface area contributed by atoms with Crippen LogP contribution in [0.2, 0.25) is 5.02 Å². The molecule has 0 aliphatic heterocycles. The number of guanidine groups is 1. The maximum atomic E-state index is 5.96. The molecule has 4 nitrogen and oxygen atoms in total. The van der Waals surface area contributed by atoms with E-state index in [1.807, 2.05) is 39.2 Å². The first-order chi connectivity index (χ1) is 7.02. The molecule has 0 aromatic heterocycles. The third kappa shape index (κ3) is 3.02. The summed E-state index contributed by atoms with van der Waals surface area (Å²) in [6.07, 6.45) is 0. The summed E-state index contributed by atoms with van der Waals surface area (Å²) in [6, 6.07) is 5.59. The molecule has 5 heteroatoms. The van der Waals surface area contributed by atoms with Gasteiger partial charge in [-0.3, -0.25) is 5.43 Å².